The predicted molar refractivity (Wildman–Crippen MR) is 114 cm³/mol. The minimum atomic E-state index is -0.410. The Morgan fingerprint density at radius 2 is 1.53 bits per heavy atom. The van der Waals surface area contributed by atoms with E-state index in [2.05, 4.69) is 16.0 Å². The minimum absolute atomic E-state index is 0.207. The first-order chi connectivity index (χ1) is 14.4. The Morgan fingerprint density at radius 3 is 2.20 bits per heavy atom. The number of amides is 3. The molecular formula is C21H17Cl2N3O4. The molecule has 0 saturated carbocycles. The maximum Gasteiger partial charge on any atom is 0.287 e. The molecule has 3 aromatic rings. The summed E-state index contributed by atoms with van der Waals surface area (Å²) in [6.45, 7) is 0.497. The number of furan rings is 1. The van der Waals surface area contributed by atoms with Gasteiger partial charge >= 0.3 is 0 Å². The quantitative estimate of drug-likeness (QED) is 0.478. The van der Waals surface area contributed by atoms with Crippen molar-refractivity contribution in [2.45, 2.75) is 0 Å². The maximum absolute atomic E-state index is 12.3. The van der Waals surface area contributed by atoms with Crippen molar-refractivity contribution in [1.29, 1.82) is 0 Å². The lowest BCUT2D eigenvalue weighted by molar-refractivity contribution is 0.0910. The third-order valence-electron chi connectivity index (χ3n) is 4.02. The first-order valence-electron chi connectivity index (χ1n) is 8.90. The number of benzene rings is 2. The largest absolute Gasteiger partial charge is 0.459 e. The number of halogens is 2. The van der Waals surface area contributed by atoms with Gasteiger partial charge in [0.15, 0.2) is 5.76 Å². The van der Waals surface area contributed by atoms with Gasteiger partial charge in [-0.1, -0.05) is 23.2 Å². The summed E-state index contributed by atoms with van der Waals surface area (Å²) in [6.07, 6.45) is 1.41. The SMILES string of the molecule is O=C(NCCNC(=O)c1ccco1)c1ccc(NC(=O)c2cc(Cl)ccc2Cl)cc1. The third-order valence-corrected chi connectivity index (χ3v) is 4.58. The lowest BCUT2D eigenvalue weighted by atomic mass is 10.1. The van der Waals surface area contributed by atoms with Crippen molar-refractivity contribution in [3.05, 3.63) is 87.8 Å². The van der Waals surface area contributed by atoms with Crippen LogP contribution in [0.1, 0.15) is 31.3 Å². The van der Waals surface area contributed by atoms with Gasteiger partial charge in [-0.15, -0.1) is 0 Å². The van der Waals surface area contributed by atoms with E-state index < -0.39 is 5.91 Å². The van der Waals surface area contributed by atoms with Crippen LogP contribution >= 0.6 is 23.2 Å². The fraction of sp³-hybridized carbons (Fsp3) is 0.0952. The average molecular weight is 446 g/mol. The Bertz CT molecular complexity index is 1050. The van der Waals surface area contributed by atoms with Crippen molar-refractivity contribution in [3.8, 4) is 0 Å². The summed E-state index contributed by atoms with van der Waals surface area (Å²) in [4.78, 5) is 36.3. The zero-order valence-electron chi connectivity index (χ0n) is 15.6. The smallest absolute Gasteiger partial charge is 0.287 e. The van der Waals surface area contributed by atoms with Crippen LogP contribution < -0.4 is 16.0 Å². The van der Waals surface area contributed by atoms with Gasteiger partial charge in [0, 0.05) is 29.4 Å². The van der Waals surface area contributed by atoms with Gasteiger partial charge in [-0.2, -0.15) is 0 Å². The Hall–Kier alpha value is -3.29. The summed E-state index contributed by atoms with van der Waals surface area (Å²) in [6, 6.07) is 14.1. The summed E-state index contributed by atoms with van der Waals surface area (Å²) in [5.74, 6) is -0.864. The van der Waals surface area contributed by atoms with Crippen LogP contribution in [0.15, 0.2) is 65.3 Å². The lowest BCUT2D eigenvalue weighted by Crippen LogP contribution is -2.34. The molecule has 30 heavy (non-hydrogen) atoms. The average Bonchev–Trinajstić information content (AvgIpc) is 3.28. The van der Waals surface area contributed by atoms with Gasteiger partial charge in [0.05, 0.1) is 16.8 Å². The second-order valence-electron chi connectivity index (χ2n) is 6.14. The van der Waals surface area contributed by atoms with Gasteiger partial charge in [-0.05, 0) is 54.6 Å². The molecule has 0 aliphatic carbocycles. The van der Waals surface area contributed by atoms with Crippen LogP contribution in [0.4, 0.5) is 5.69 Å². The second-order valence-corrected chi connectivity index (χ2v) is 6.99. The van der Waals surface area contributed by atoms with Crippen LogP contribution in [0.2, 0.25) is 10.0 Å². The molecule has 0 spiro atoms. The van der Waals surface area contributed by atoms with Crippen LogP contribution in [0.25, 0.3) is 0 Å². The molecule has 154 valence electrons. The van der Waals surface area contributed by atoms with Gasteiger partial charge in [-0.3, -0.25) is 14.4 Å². The van der Waals surface area contributed by atoms with Gasteiger partial charge < -0.3 is 20.4 Å². The Kier molecular flexibility index (Phi) is 7.11. The maximum atomic E-state index is 12.3. The van der Waals surface area contributed by atoms with Gasteiger partial charge in [-0.25, -0.2) is 0 Å². The van der Waals surface area contributed by atoms with Crippen molar-refractivity contribution >= 4 is 46.6 Å². The summed E-state index contributed by atoms with van der Waals surface area (Å²) in [7, 11) is 0. The third kappa shape index (κ3) is 5.62. The van der Waals surface area contributed by atoms with E-state index in [0.29, 0.717) is 16.3 Å². The second kappa shape index (κ2) is 9.96. The summed E-state index contributed by atoms with van der Waals surface area (Å²) >= 11 is 11.9. The standard InChI is InChI=1S/C21H17Cl2N3O4/c22-14-5-8-17(23)16(12-14)20(28)26-15-6-3-13(4-7-15)19(27)24-9-10-25-21(29)18-2-1-11-30-18/h1-8,11-12H,9-10H2,(H,24,27)(H,25,29)(H,26,28). The van der Waals surface area contributed by atoms with E-state index in [4.69, 9.17) is 27.6 Å². The van der Waals surface area contributed by atoms with E-state index in [0.717, 1.165) is 0 Å². The van der Waals surface area contributed by atoms with Crippen molar-refractivity contribution < 1.29 is 18.8 Å². The number of hydrogen-bond acceptors (Lipinski definition) is 4. The zero-order chi connectivity index (χ0) is 21.5. The Morgan fingerprint density at radius 1 is 0.833 bits per heavy atom. The molecule has 0 fully saturated rings. The van der Waals surface area contributed by atoms with Crippen LogP contribution in [0.3, 0.4) is 0 Å². The summed E-state index contributed by atoms with van der Waals surface area (Å²) < 4.78 is 4.98. The molecule has 3 rings (SSSR count). The number of nitrogens with one attached hydrogen (secondary N) is 3. The molecule has 0 radical (unpaired) electrons. The highest BCUT2D eigenvalue weighted by Crippen LogP contribution is 2.22. The van der Waals surface area contributed by atoms with Gasteiger partial charge in [0.25, 0.3) is 17.7 Å². The van der Waals surface area contributed by atoms with Gasteiger partial charge in [0.1, 0.15) is 0 Å². The Labute approximate surface area is 182 Å². The van der Waals surface area contributed by atoms with Crippen LogP contribution in [-0.2, 0) is 0 Å². The van der Waals surface area contributed by atoms with E-state index in [9.17, 15) is 14.4 Å². The number of hydrogen-bond donors (Lipinski definition) is 3. The molecule has 0 bridgehead atoms. The van der Waals surface area contributed by atoms with Crippen LogP contribution in [-0.4, -0.2) is 30.8 Å². The topological polar surface area (TPSA) is 100 Å². The van der Waals surface area contributed by atoms with E-state index >= 15 is 0 Å². The summed E-state index contributed by atoms with van der Waals surface area (Å²) in [5, 5.41) is 8.71. The molecule has 0 aliphatic rings. The van der Waals surface area contributed by atoms with E-state index in [1.165, 1.54) is 12.3 Å². The van der Waals surface area contributed by atoms with E-state index in [1.807, 2.05) is 0 Å². The molecule has 1 aromatic heterocycles. The fourth-order valence-corrected chi connectivity index (χ4v) is 2.90. The van der Waals surface area contributed by atoms with E-state index in [-0.39, 0.29) is 41.3 Å². The van der Waals surface area contributed by atoms with Crippen LogP contribution in [0, 0.1) is 0 Å². The molecule has 0 aliphatic heterocycles. The fourth-order valence-electron chi connectivity index (χ4n) is 2.52. The molecule has 3 amide bonds. The lowest BCUT2D eigenvalue weighted by Gasteiger charge is -2.09. The molecule has 0 saturated heterocycles. The monoisotopic (exact) mass is 445 g/mol. The highest BCUT2D eigenvalue weighted by molar-refractivity contribution is 6.36. The number of carbonyl (C=O) groups excluding carboxylic acids is 3. The molecule has 7 nitrogen and oxygen atoms in total. The van der Waals surface area contributed by atoms with Crippen molar-refractivity contribution in [3.63, 3.8) is 0 Å². The highest BCUT2D eigenvalue weighted by Gasteiger charge is 2.12. The first-order valence-corrected chi connectivity index (χ1v) is 9.66. The summed E-state index contributed by atoms with van der Waals surface area (Å²) in [5.41, 5.74) is 1.16. The van der Waals surface area contributed by atoms with E-state index in [1.54, 1.807) is 48.5 Å². The molecule has 0 atom stereocenters. The normalized spacial score (nSPS) is 10.3. The molecule has 0 unspecified atom stereocenters. The molecule has 1 heterocycles. The predicted octanol–water partition coefficient (Wildman–Crippen LogP) is 4.00. The van der Waals surface area contributed by atoms with Crippen molar-refractivity contribution in [1.82, 2.24) is 10.6 Å². The zero-order valence-corrected chi connectivity index (χ0v) is 17.1. The highest BCUT2D eigenvalue weighted by atomic mass is 35.5. The molecular weight excluding hydrogens is 429 g/mol. The first kappa shape index (κ1) is 21.4. The van der Waals surface area contributed by atoms with Crippen LogP contribution in [0.5, 0.6) is 0 Å². The minimum Gasteiger partial charge on any atom is -0.459 e. The molecule has 2 aromatic carbocycles. The van der Waals surface area contributed by atoms with Gasteiger partial charge in [0.2, 0.25) is 0 Å². The number of carbonyl (C=O) groups is 3. The molecule has 9 heteroatoms. The number of anilines is 1. The van der Waals surface area contributed by atoms with Crippen molar-refractivity contribution in [2.24, 2.45) is 0 Å². The Balaban J connectivity index is 1.48. The molecule has 3 N–H and O–H groups in total. The number of rotatable bonds is 7. The van der Waals surface area contributed by atoms with Crippen molar-refractivity contribution in [2.75, 3.05) is 18.4 Å².